The van der Waals surface area contributed by atoms with Crippen molar-refractivity contribution in [2.75, 3.05) is 7.11 Å². The molecule has 33 heavy (non-hydrogen) atoms. The van der Waals surface area contributed by atoms with Gasteiger partial charge in [-0.1, -0.05) is 47.2 Å². The van der Waals surface area contributed by atoms with Crippen molar-refractivity contribution in [3.05, 3.63) is 95.6 Å². The quantitative estimate of drug-likeness (QED) is 0.421. The Bertz CT molecular complexity index is 1450. The predicted molar refractivity (Wildman–Crippen MR) is 125 cm³/mol. The molecule has 0 spiro atoms. The molecule has 0 N–H and O–H groups in total. The van der Waals surface area contributed by atoms with Crippen LogP contribution in [-0.2, 0) is 14.3 Å². The molecule has 7 nitrogen and oxygen atoms in total. The van der Waals surface area contributed by atoms with Crippen LogP contribution in [0.25, 0.3) is 6.08 Å². The Morgan fingerprint density at radius 2 is 1.79 bits per heavy atom. The van der Waals surface area contributed by atoms with E-state index in [2.05, 4.69) is 4.99 Å². The monoisotopic (exact) mass is 482 g/mol. The van der Waals surface area contributed by atoms with Gasteiger partial charge in [0.05, 0.1) is 29.0 Å². The van der Waals surface area contributed by atoms with Crippen LogP contribution in [0.5, 0.6) is 5.75 Å². The summed E-state index contributed by atoms with van der Waals surface area (Å²) in [6.07, 6.45) is 1.76. The van der Waals surface area contributed by atoms with E-state index in [0.717, 1.165) is 5.56 Å². The van der Waals surface area contributed by atoms with Gasteiger partial charge >= 0.3 is 11.9 Å². The van der Waals surface area contributed by atoms with Crippen LogP contribution in [0, 0.1) is 0 Å². The van der Waals surface area contributed by atoms with Crippen molar-refractivity contribution in [2.45, 2.75) is 19.9 Å². The molecule has 0 radical (unpaired) electrons. The van der Waals surface area contributed by atoms with Gasteiger partial charge in [0.25, 0.3) is 5.56 Å². The van der Waals surface area contributed by atoms with Crippen LogP contribution in [0.2, 0.25) is 5.02 Å². The number of rotatable bonds is 4. The van der Waals surface area contributed by atoms with E-state index in [9.17, 15) is 14.4 Å². The zero-order valence-corrected chi connectivity index (χ0v) is 19.6. The lowest BCUT2D eigenvalue weighted by molar-refractivity contribution is -0.136. The molecule has 0 saturated carbocycles. The maximum atomic E-state index is 13.5. The second kappa shape index (κ2) is 9.17. The molecule has 3 aromatic rings. The highest BCUT2D eigenvalue weighted by Crippen LogP contribution is 2.31. The number of fused-ring (bicyclic) bond motifs is 1. The van der Waals surface area contributed by atoms with E-state index in [1.54, 1.807) is 49.4 Å². The number of nitrogens with zero attached hydrogens (tertiary/aromatic N) is 2. The molecule has 2 heterocycles. The Hall–Kier alpha value is -3.49. The zero-order chi connectivity index (χ0) is 23.7. The summed E-state index contributed by atoms with van der Waals surface area (Å²) < 4.78 is 12.1. The fraction of sp³-hybridized carbons (Fsp3) is 0.167. The molecule has 168 valence electrons. The summed E-state index contributed by atoms with van der Waals surface area (Å²) in [6, 6.07) is 13.0. The summed E-state index contributed by atoms with van der Waals surface area (Å²) in [4.78, 5) is 42.4. The lowest BCUT2D eigenvalue weighted by Gasteiger charge is -2.24. The maximum Gasteiger partial charge on any atom is 0.338 e. The lowest BCUT2D eigenvalue weighted by Crippen LogP contribution is -2.39. The Morgan fingerprint density at radius 1 is 1.12 bits per heavy atom. The van der Waals surface area contributed by atoms with Gasteiger partial charge in [-0.25, -0.2) is 9.79 Å². The molecule has 0 bridgehead atoms. The molecule has 1 aliphatic heterocycles. The van der Waals surface area contributed by atoms with Crippen LogP contribution in [0.4, 0.5) is 0 Å². The number of halogens is 1. The molecule has 0 aliphatic carbocycles. The molecular formula is C24H19ClN2O5S. The number of hydrogen-bond acceptors (Lipinski definition) is 7. The number of thiazole rings is 1. The first-order valence-electron chi connectivity index (χ1n) is 9.93. The molecular weight excluding hydrogens is 464 g/mol. The van der Waals surface area contributed by atoms with E-state index in [4.69, 9.17) is 21.1 Å². The molecule has 1 aromatic heterocycles. The predicted octanol–water partition coefficient (Wildman–Crippen LogP) is 2.99. The summed E-state index contributed by atoms with van der Waals surface area (Å²) in [6.45, 7) is 3.02. The number of ether oxygens (including phenoxy) is 2. The summed E-state index contributed by atoms with van der Waals surface area (Å²) in [5.74, 6) is -0.650. The number of esters is 2. The molecule has 0 saturated heterocycles. The van der Waals surface area contributed by atoms with E-state index in [-0.39, 0.29) is 11.1 Å². The number of carbonyl (C=O) groups excluding carboxylic acids is 2. The van der Waals surface area contributed by atoms with Crippen LogP contribution in [0.15, 0.2) is 69.6 Å². The first-order chi connectivity index (χ1) is 15.8. The molecule has 4 rings (SSSR count). The fourth-order valence-corrected chi connectivity index (χ4v) is 4.78. The first-order valence-corrected chi connectivity index (χ1v) is 11.1. The largest absolute Gasteiger partial charge is 0.466 e. The van der Waals surface area contributed by atoms with Crippen molar-refractivity contribution >= 4 is 41.0 Å². The van der Waals surface area contributed by atoms with Crippen molar-refractivity contribution in [2.24, 2.45) is 4.99 Å². The fourth-order valence-electron chi connectivity index (χ4n) is 3.60. The van der Waals surface area contributed by atoms with Gasteiger partial charge in [-0.3, -0.25) is 14.2 Å². The van der Waals surface area contributed by atoms with Gasteiger partial charge in [-0.2, -0.15) is 0 Å². The van der Waals surface area contributed by atoms with Crippen molar-refractivity contribution in [3.63, 3.8) is 0 Å². The number of aromatic nitrogens is 1. The molecule has 2 aromatic carbocycles. The lowest BCUT2D eigenvalue weighted by atomic mass is 9.96. The minimum absolute atomic E-state index is 0.267. The van der Waals surface area contributed by atoms with Gasteiger partial charge in [0, 0.05) is 11.9 Å². The number of hydrogen-bond donors (Lipinski definition) is 0. The average Bonchev–Trinajstić information content (AvgIpc) is 3.08. The summed E-state index contributed by atoms with van der Waals surface area (Å²) in [5.41, 5.74) is 1.92. The minimum Gasteiger partial charge on any atom is -0.466 e. The van der Waals surface area contributed by atoms with Gasteiger partial charge in [-0.05, 0) is 48.4 Å². The van der Waals surface area contributed by atoms with Crippen molar-refractivity contribution in [3.8, 4) is 5.75 Å². The van der Waals surface area contributed by atoms with Gasteiger partial charge in [0.2, 0.25) is 0 Å². The number of allylic oxidation sites excluding steroid dienone is 1. The highest BCUT2D eigenvalue weighted by molar-refractivity contribution is 7.07. The van der Waals surface area contributed by atoms with Crippen LogP contribution in [-0.4, -0.2) is 23.6 Å². The SMILES string of the molecule is COC(=O)C1=C(C)N=c2sc(=Cc3ccc(Cl)cc3)c(=O)n2[C@H]1c1ccc(OC(C)=O)cc1. The number of carbonyl (C=O) groups is 2. The van der Waals surface area contributed by atoms with Crippen LogP contribution < -0.4 is 19.6 Å². The van der Waals surface area contributed by atoms with E-state index in [1.807, 2.05) is 12.1 Å². The van der Waals surface area contributed by atoms with Gasteiger partial charge in [-0.15, -0.1) is 0 Å². The number of benzene rings is 2. The summed E-state index contributed by atoms with van der Waals surface area (Å²) >= 11 is 7.20. The average molecular weight is 483 g/mol. The molecule has 0 fully saturated rings. The maximum absolute atomic E-state index is 13.5. The van der Waals surface area contributed by atoms with Crippen LogP contribution in [0.3, 0.4) is 0 Å². The van der Waals surface area contributed by atoms with Crippen LogP contribution >= 0.6 is 22.9 Å². The third-order valence-electron chi connectivity index (χ3n) is 5.05. The van der Waals surface area contributed by atoms with E-state index < -0.39 is 18.0 Å². The number of methoxy groups -OCH3 is 1. The third-order valence-corrected chi connectivity index (χ3v) is 6.29. The second-order valence-electron chi connectivity index (χ2n) is 7.29. The Morgan fingerprint density at radius 3 is 2.39 bits per heavy atom. The highest BCUT2D eigenvalue weighted by Gasteiger charge is 2.33. The first kappa shape index (κ1) is 22.7. The summed E-state index contributed by atoms with van der Waals surface area (Å²) in [7, 11) is 1.29. The highest BCUT2D eigenvalue weighted by atomic mass is 35.5. The molecule has 1 aliphatic rings. The van der Waals surface area contributed by atoms with Gasteiger partial charge in [0.1, 0.15) is 5.75 Å². The van der Waals surface area contributed by atoms with E-state index in [0.29, 0.717) is 31.4 Å². The molecule has 0 amide bonds. The van der Waals surface area contributed by atoms with E-state index in [1.165, 1.54) is 29.9 Å². The second-order valence-corrected chi connectivity index (χ2v) is 8.73. The smallest absolute Gasteiger partial charge is 0.338 e. The van der Waals surface area contributed by atoms with Crippen LogP contribution in [0.1, 0.15) is 31.0 Å². The molecule has 9 heteroatoms. The third kappa shape index (κ3) is 4.53. The summed E-state index contributed by atoms with van der Waals surface area (Å²) in [5, 5.41) is 0.601. The van der Waals surface area contributed by atoms with Crippen molar-refractivity contribution in [1.82, 2.24) is 4.57 Å². The minimum atomic E-state index is -0.743. The topological polar surface area (TPSA) is 87.0 Å². The van der Waals surface area contributed by atoms with Gasteiger partial charge in [0.15, 0.2) is 4.80 Å². The normalized spacial score (nSPS) is 15.6. The van der Waals surface area contributed by atoms with Gasteiger partial charge < -0.3 is 9.47 Å². The standard InChI is InChI=1S/C24H19ClN2O5S/c1-13-20(23(30)31-3)21(16-6-10-18(11-7-16)32-14(2)28)27-22(29)19(33-24(27)26-13)12-15-4-8-17(25)9-5-15/h4-12,21H,1-3H3/t21-/m0/s1. The molecule has 1 atom stereocenters. The van der Waals surface area contributed by atoms with Crippen molar-refractivity contribution in [1.29, 1.82) is 0 Å². The molecule has 0 unspecified atom stereocenters. The van der Waals surface area contributed by atoms with E-state index >= 15 is 0 Å². The Labute approximate surface area is 197 Å². The Kier molecular flexibility index (Phi) is 6.31. The van der Waals surface area contributed by atoms with Crippen molar-refractivity contribution < 1.29 is 19.1 Å². The Balaban J connectivity index is 1.90. The zero-order valence-electron chi connectivity index (χ0n) is 18.0.